The first-order chi connectivity index (χ1) is 10.1. The van der Waals surface area contributed by atoms with Crippen molar-refractivity contribution in [2.24, 2.45) is 11.8 Å². The summed E-state index contributed by atoms with van der Waals surface area (Å²) in [6.45, 7) is 0.489. The maximum Gasteiger partial charge on any atom is 0.306 e. The van der Waals surface area contributed by atoms with Crippen molar-refractivity contribution in [1.29, 1.82) is 0 Å². The van der Waals surface area contributed by atoms with Gasteiger partial charge in [0.1, 0.15) is 5.82 Å². The molecule has 1 heterocycles. The van der Waals surface area contributed by atoms with Crippen LogP contribution in [-0.4, -0.2) is 23.5 Å². The number of fused-ring (bicyclic) bond motifs is 1. The topological polar surface area (TPSA) is 57.6 Å². The normalized spacial score (nSPS) is 24.7. The molecule has 0 aromatic heterocycles. The van der Waals surface area contributed by atoms with E-state index in [0.717, 1.165) is 12.8 Å². The van der Waals surface area contributed by atoms with Gasteiger partial charge in [-0.05, 0) is 37.8 Å². The van der Waals surface area contributed by atoms with E-state index >= 15 is 0 Å². The van der Waals surface area contributed by atoms with Gasteiger partial charge in [-0.2, -0.15) is 0 Å². The van der Waals surface area contributed by atoms with Gasteiger partial charge in [0, 0.05) is 23.7 Å². The number of nitrogens with zero attached hydrogens (tertiary/aromatic N) is 1. The molecule has 2 aliphatic rings. The lowest BCUT2D eigenvalue weighted by atomic mass is 9.80. The van der Waals surface area contributed by atoms with Gasteiger partial charge < -0.3 is 10.0 Å². The summed E-state index contributed by atoms with van der Waals surface area (Å²) in [6, 6.07) is 4.79. The van der Waals surface area contributed by atoms with Crippen LogP contribution in [0.25, 0.3) is 0 Å². The third kappa shape index (κ3) is 2.52. The molecule has 0 spiro atoms. The lowest BCUT2D eigenvalue weighted by Crippen LogP contribution is -2.38. The molecule has 1 aliphatic heterocycles. The molecule has 4 nitrogen and oxygen atoms in total. The minimum absolute atomic E-state index is 0.0506. The second-order valence-electron chi connectivity index (χ2n) is 5.88. The van der Waals surface area contributed by atoms with Gasteiger partial charge in [0.25, 0.3) is 0 Å². The molecule has 112 valence electrons. The number of rotatable bonds is 2. The van der Waals surface area contributed by atoms with Crippen molar-refractivity contribution >= 4 is 17.6 Å². The Morgan fingerprint density at radius 1 is 1.24 bits per heavy atom. The van der Waals surface area contributed by atoms with Gasteiger partial charge in [-0.25, -0.2) is 4.39 Å². The molecule has 0 radical (unpaired) electrons. The minimum atomic E-state index is -0.819. The van der Waals surface area contributed by atoms with E-state index in [-0.39, 0.29) is 17.6 Å². The third-order valence-corrected chi connectivity index (χ3v) is 4.61. The predicted octanol–water partition coefficient (Wildman–Crippen LogP) is 2.61. The molecule has 1 saturated carbocycles. The van der Waals surface area contributed by atoms with Crippen molar-refractivity contribution < 1.29 is 19.1 Å². The zero-order valence-electron chi connectivity index (χ0n) is 11.7. The molecule has 1 aliphatic carbocycles. The fourth-order valence-electron chi connectivity index (χ4n) is 3.48. The SMILES string of the molecule is O=C(O)C1CCCC(C(=O)N2CCc3c(F)cccc32)C1. The second kappa shape index (κ2) is 5.47. The Morgan fingerprint density at radius 2 is 2.00 bits per heavy atom. The highest BCUT2D eigenvalue weighted by Crippen LogP contribution is 2.35. The summed E-state index contributed by atoms with van der Waals surface area (Å²) in [6.07, 6.45) is 3.06. The van der Waals surface area contributed by atoms with Crippen LogP contribution in [-0.2, 0) is 16.0 Å². The highest BCUT2D eigenvalue weighted by atomic mass is 19.1. The zero-order chi connectivity index (χ0) is 15.0. The van der Waals surface area contributed by atoms with Crippen molar-refractivity contribution in [1.82, 2.24) is 0 Å². The van der Waals surface area contributed by atoms with Crippen LogP contribution in [0.4, 0.5) is 10.1 Å². The molecule has 21 heavy (non-hydrogen) atoms. The number of hydrogen-bond donors (Lipinski definition) is 1. The molecule has 3 rings (SSSR count). The van der Waals surface area contributed by atoms with Gasteiger partial charge in [-0.3, -0.25) is 9.59 Å². The molecule has 1 aromatic carbocycles. The van der Waals surface area contributed by atoms with Gasteiger partial charge in [-0.1, -0.05) is 12.5 Å². The van der Waals surface area contributed by atoms with Crippen LogP contribution >= 0.6 is 0 Å². The number of amides is 1. The van der Waals surface area contributed by atoms with Crippen LogP contribution in [0.3, 0.4) is 0 Å². The summed E-state index contributed by atoms with van der Waals surface area (Å²) in [4.78, 5) is 25.4. The lowest BCUT2D eigenvalue weighted by molar-refractivity contribution is -0.143. The van der Waals surface area contributed by atoms with E-state index in [9.17, 15) is 14.0 Å². The summed E-state index contributed by atoms with van der Waals surface area (Å²) >= 11 is 0. The van der Waals surface area contributed by atoms with E-state index in [1.165, 1.54) is 6.07 Å². The Hall–Kier alpha value is -1.91. The molecule has 0 saturated heterocycles. The van der Waals surface area contributed by atoms with Crippen molar-refractivity contribution in [3.63, 3.8) is 0 Å². The van der Waals surface area contributed by atoms with Crippen LogP contribution < -0.4 is 4.90 Å². The molecule has 1 fully saturated rings. The van der Waals surface area contributed by atoms with Gasteiger partial charge in [0.2, 0.25) is 5.91 Å². The van der Waals surface area contributed by atoms with Crippen molar-refractivity contribution in [2.45, 2.75) is 32.1 Å². The van der Waals surface area contributed by atoms with Crippen LogP contribution in [0.5, 0.6) is 0 Å². The molecular formula is C16H18FNO3. The number of halogens is 1. The molecule has 1 amide bonds. The summed E-state index contributed by atoms with van der Waals surface area (Å²) in [5.74, 6) is -1.82. The maximum absolute atomic E-state index is 13.7. The largest absolute Gasteiger partial charge is 0.481 e. The molecule has 2 unspecified atom stereocenters. The molecule has 1 N–H and O–H groups in total. The first kappa shape index (κ1) is 14.0. The van der Waals surface area contributed by atoms with Crippen molar-refractivity contribution in [3.8, 4) is 0 Å². The summed E-state index contributed by atoms with van der Waals surface area (Å²) < 4.78 is 13.7. The van der Waals surface area contributed by atoms with Crippen LogP contribution in [0.2, 0.25) is 0 Å². The Bertz CT molecular complexity index is 587. The Labute approximate surface area is 122 Å². The summed E-state index contributed by atoms with van der Waals surface area (Å²) in [5.41, 5.74) is 1.24. The Kier molecular flexibility index (Phi) is 3.66. The number of carboxylic acids is 1. The van der Waals surface area contributed by atoms with Gasteiger partial charge >= 0.3 is 5.97 Å². The zero-order valence-corrected chi connectivity index (χ0v) is 11.7. The minimum Gasteiger partial charge on any atom is -0.481 e. The van der Waals surface area contributed by atoms with E-state index in [2.05, 4.69) is 0 Å². The lowest BCUT2D eigenvalue weighted by Gasteiger charge is -2.29. The van der Waals surface area contributed by atoms with E-state index in [1.54, 1.807) is 17.0 Å². The standard InChI is InChI=1S/C16H18FNO3/c17-13-5-2-6-14-12(13)7-8-18(14)15(19)10-3-1-4-11(9-10)16(20)21/h2,5-6,10-11H,1,3-4,7-9H2,(H,20,21). The van der Waals surface area contributed by atoms with Gasteiger partial charge in [0.05, 0.1) is 5.92 Å². The first-order valence-electron chi connectivity index (χ1n) is 7.39. The second-order valence-corrected chi connectivity index (χ2v) is 5.88. The molecule has 5 heteroatoms. The maximum atomic E-state index is 13.7. The summed E-state index contributed by atoms with van der Waals surface area (Å²) in [5, 5.41) is 9.12. The van der Waals surface area contributed by atoms with Gasteiger partial charge in [-0.15, -0.1) is 0 Å². The average molecular weight is 291 g/mol. The van der Waals surface area contributed by atoms with Crippen molar-refractivity contribution in [3.05, 3.63) is 29.6 Å². The van der Waals surface area contributed by atoms with E-state index in [0.29, 0.717) is 37.1 Å². The third-order valence-electron chi connectivity index (χ3n) is 4.61. The summed E-state index contributed by atoms with van der Waals surface area (Å²) in [7, 11) is 0. The van der Waals surface area contributed by atoms with Crippen molar-refractivity contribution in [2.75, 3.05) is 11.4 Å². The highest BCUT2D eigenvalue weighted by Gasteiger charge is 2.36. The van der Waals surface area contributed by atoms with Crippen LogP contribution in [0.1, 0.15) is 31.2 Å². The number of carbonyl (C=O) groups is 2. The molecule has 1 aromatic rings. The molecule has 0 bridgehead atoms. The number of hydrogen-bond acceptors (Lipinski definition) is 2. The average Bonchev–Trinajstić information content (AvgIpc) is 2.92. The number of carboxylic acid groups (broad SMARTS) is 1. The number of anilines is 1. The molecule has 2 atom stereocenters. The predicted molar refractivity (Wildman–Crippen MR) is 75.5 cm³/mol. The number of carbonyl (C=O) groups excluding carboxylic acids is 1. The van der Waals surface area contributed by atoms with E-state index in [1.807, 2.05) is 0 Å². The smallest absolute Gasteiger partial charge is 0.306 e. The number of aliphatic carboxylic acids is 1. The Morgan fingerprint density at radius 3 is 2.76 bits per heavy atom. The Balaban J connectivity index is 1.78. The molecular weight excluding hydrogens is 273 g/mol. The van der Waals surface area contributed by atoms with E-state index < -0.39 is 11.9 Å². The van der Waals surface area contributed by atoms with E-state index in [4.69, 9.17) is 5.11 Å². The monoisotopic (exact) mass is 291 g/mol. The fraction of sp³-hybridized carbons (Fsp3) is 0.500. The highest BCUT2D eigenvalue weighted by molar-refractivity contribution is 5.97. The quantitative estimate of drug-likeness (QED) is 0.911. The fourth-order valence-corrected chi connectivity index (χ4v) is 3.48. The first-order valence-corrected chi connectivity index (χ1v) is 7.39. The van der Waals surface area contributed by atoms with Gasteiger partial charge in [0.15, 0.2) is 0 Å². The van der Waals surface area contributed by atoms with Crippen LogP contribution in [0.15, 0.2) is 18.2 Å². The number of benzene rings is 1. The van der Waals surface area contributed by atoms with Crippen LogP contribution in [0, 0.1) is 17.7 Å².